The molecule has 1 aliphatic carbocycles. The van der Waals surface area contributed by atoms with Crippen molar-refractivity contribution in [3.05, 3.63) is 57.9 Å². The van der Waals surface area contributed by atoms with E-state index in [-0.39, 0.29) is 0 Å². The van der Waals surface area contributed by atoms with Gasteiger partial charge in [0.25, 0.3) is 0 Å². The van der Waals surface area contributed by atoms with Crippen LogP contribution in [0.5, 0.6) is 5.75 Å². The average Bonchev–Trinajstić information content (AvgIpc) is 3.34. The van der Waals surface area contributed by atoms with Crippen LogP contribution in [0.25, 0.3) is 27.9 Å². The van der Waals surface area contributed by atoms with Gasteiger partial charge < -0.3 is 4.74 Å². The lowest BCUT2D eigenvalue weighted by atomic mass is 10.1. The summed E-state index contributed by atoms with van der Waals surface area (Å²) in [7, 11) is 0. The second-order valence-electron chi connectivity index (χ2n) is 7.14. The fourth-order valence-electron chi connectivity index (χ4n) is 3.39. The molecule has 0 N–H and O–H groups in total. The van der Waals surface area contributed by atoms with Gasteiger partial charge in [-0.2, -0.15) is 0 Å². The third-order valence-electron chi connectivity index (χ3n) is 4.79. The highest BCUT2D eigenvalue weighted by atomic mass is 32.1. The van der Waals surface area contributed by atoms with Crippen LogP contribution >= 0.6 is 11.3 Å². The Bertz CT molecular complexity index is 1120. The number of carbonyl (C=O) groups is 1. The van der Waals surface area contributed by atoms with E-state index < -0.39 is 0 Å². The number of benzene rings is 1. The second kappa shape index (κ2) is 12.3. The first-order valence-electron chi connectivity index (χ1n) is 11.3. The van der Waals surface area contributed by atoms with Crippen molar-refractivity contribution >= 4 is 45.7 Å². The zero-order valence-corrected chi connectivity index (χ0v) is 20.3. The van der Waals surface area contributed by atoms with E-state index in [0.717, 1.165) is 68.2 Å². The van der Waals surface area contributed by atoms with E-state index >= 15 is 0 Å². The zero-order valence-electron chi connectivity index (χ0n) is 19.5. The minimum absolute atomic E-state index is 0.471. The fraction of sp³-hybridized carbons (Fsp3) is 0.370. The Balaban J connectivity index is 0.000000630. The van der Waals surface area contributed by atoms with Crippen molar-refractivity contribution in [2.45, 2.75) is 66.9 Å². The minimum Gasteiger partial charge on any atom is -0.485 e. The summed E-state index contributed by atoms with van der Waals surface area (Å²) in [6.07, 6.45) is 9.35. The number of ether oxygens (including phenoxy) is 1. The highest BCUT2D eigenvalue weighted by molar-refractivity contribution is 7.20. The molecule has 2 aromatic heterocycles. The van der Waals surface area contributed by atoms with Gasteiger partial charge in [0, 0.05) is 5.22 Å². The Labute approximate surface area is 190 Å². The fourth-order valence-corrected chi connectivity index (χ4v) is 4.72. The first-order valence-corrected chi connectivity index (χ1v) is 12.1. The van der Waals surface area contributed by atoms with Crippen molar-refractivity contribution in [1.82, 2.24) is 4.57 Å². The van der Waals surface area contributed by atoms with Crippen molar-refractivity contribution in [2.75, 3.05) is 0 Å². The smallest absolute Gasteiger partial charge is 0.218 e. The molecule has 0 amide bonds. The maximum Gasteiger partial charge on any atom is 0.218 e. The summed E-state index contributed by atoms with van der Waals surface area (Å²) in [5.41, 5.74) is 3.03. The highest BCUT2D eigenvalue weighted by Crippen LogP contribution is 2.41. The van der Waals surface area contributed by atoms with Gasteiger partial charge in [-0.15, -0.1) is 11.3 Å². The average molecular weight is 438 g/mol. The van der Waals surface area contributed by atoms with Crippen LogP contribution in [0, 0.1) is 0 Å². The molecule has 31 heavy (non-hydrogen) atoms. The molecule has 166 valence electrons. The van der Waals surface area contributed by atoms with E-state index in [1.807, 2.05) is 44.2 Å². The van der Waals surface area contributed by atoms with Gasteiger partial charge in [0.1, 0.15) is 12.1 Å². The normalized spacial score (nSPS) is 11.6. The molecule has 0 bridgehead atoms. The Morgan fingerprint density at radius 3 is 2.39 bits per heavy atom. The maximum absolute atomic E-state index is 11.9. The Kier molecular flexibility index (Phi) is 9.80. The van der Waals surface area contributed by atoms with Gasteiger partial charge in [0.05, 0.1) is 14.9 Å². The van der Waals surface area contributed by atoms with Crippen molar-refractivity contribution in [3.8, 4) is 5.75 Å². The number of carbonyl (C=O) groups excluding carboxylic acids is 1. The van der Waals surface area contributed by atoms with Crippen LogP contribution in [0.1, 0.15) is 70.7 Å². The molecule has 0 saturated carbocycles. The van der Waals surface area contributed by atoms with E-state index in [1.54, 1.807) is 15.9 Å². The molecule has 3 aromatic rings. The van der Waals surface area contributed by atoms with Gasteiger partial charge >= 0.3 is 0 Å². The van der Waals surface area contributed by atoms with E-state index in [0.29, 0.717) is 6.61 Å². The lowest BCUT2D eigenvalue weighted by Gasteiger charge is -2.10. The Hall–Kier alpha value is -2.59. The Morgan fingerprint density at radius 2 is 1.77 bits per heavy atom. The van der Waals surface area contributed by atoms with Gasteiger partial charge in [0.15, 0.2) is 5.75 Å². The molecule has 0 saturated heterocycles. The summed E-state index contributed by atoms with van der Waals surface area (Å²) in [5.74, 6) is 0.781. The number of fused-ring (bicyclic) bond motifs is 3. The third kappa shape index (κ3) is 5.37. The first kappa shape index (κ1) is 24.7. The molecule has 0 aliphatic heterocycles. The van der Waals surface area contributed by atoms with Gasteiger partial charge in [-0.05, 0) is 30.4 Å². The van der Waals surface area contributed by atoms with E-state index in [9.17, 15) is 4.79 Å². The molecule has 4 rings (SSSR count). The quantitative estimate of drug-likeness (QED) is 0.410. The number of hydrogen-bond acceptors (Lipinski definition) is 3. The van der Waals surface area contributed by atoms with Crippen molar-refractivity contribution in [1.29, 1.82) is 0 Å². The molecule has 0 spiro atoms. The summed E-state index contributed by atoms with van der Waals surface area (Å²) in [5, 5.41) is 2.15. The Morgan fingerprint density at radius 1 is 1.13 bits per heavy atom. The standard InChI is InChI=1S/C22H21NO2S.C3H8.C2H6/c1-3-15(2)21-20(25-13-16-9-5-4-6-10-16)19-22(26-21)17-11-7-8-12-18(17)23(19)14-24;1-3-2;1-2/h4-6,9-12,14H,2-3,7-8,13H2,1H3;3H2,1-2H3;1-2H3. The van der Waals surface area contributed by atoms with Crippen LogP contribution in [0.15, 0.2) is 36.9 Å². The number of nitrogens with zero attached hydrogens (tertiary/aromatic N) is 1. The molecular formula is C27H35NO2S. The van der Waals surface area contributed by atoms with Gasteiger partial charge in [-0.25, -0.2) is 0 Å². The number of hydrogen-bond donors (Lipinski definition) is 0. The summed E-state index contributed by atoms with van der Waals surface area (Å²) in [6, 6.07) is 10.1. The molecule has 4 heteroatoms. The SMILES string of the molecule is C=C(CC)c1sc2c3c(n(C=O)c2c1OCc1ccccc1)=CCCC=3.CC.CCC. The van der Waals surface area contributed by atoms with Gasteiger partial charge in [-0.1, -0.05) is 90.1 Å². The van der Waals surface area contributed by atoms with Crippen molar-refractivity contribution in [3.63, 3.8) is 0 Å². The van der Waals surface area contributed by atoms with E-state index in [4.69, 9.17) is 4.74 Å². The molecular weight excluding hydrogens is 402 g/mol. The zero-order chi connectivity index (χ0) is 22.8. The number of aromatic nitrogens is 1. The maximum atomic E-state index is 11.9. The lowest BCUT2D eigenvalue weighted by molar-refractivity contribution is 0.309. The van der Waals surface area contributed by atoms with Crippen LogP contribution < -0.4 is 15.3 Å². The molecule has 0 unspecified atom stereocenters. The monoisotopic (exact) mass is 437 g/mol. The first-order chi connectivity index (χ1) is 15.2. The molecule has 1 aliphatic rings. The minimum atomic E-state index is 0.471. The molecule has 0 fully saturated rings. The molecule has 2 heterocycles. The van der Waals surface area contributed by atoms with E-state index in [2.05, 4.69) is 39.5 Å². The topological polar surface area (TPSA) is 31.2 Å². The third-order valence-corrected chi connectivity index (χ3v) is 6.09. The molecule has 0 atom stereocenters. The van der Waals surface area contributed by atoms with E-state index in [1.165, 1.54) is 6.42 Å². The van der Waals surface area contributed by atoms with Crippen molar-refractivity contribution in [2.24, 2.45) is 0 Å². The van der Waals surface area contributed by atoms with Crippen LogP contribution in [0.4, 0.5) is 0 Å². The lowest BCUT2D eigenvalue weighted by Crippen LogP contribution is -2.30. The van der Waals surface area contributed by atoms with Gasteiger partial charge in [0.2, 0.25) is 6.41 Å². The molecule has 1 aromatic carbocycles. The van der Waals surface area contributed by atoms with Crippen LogP contribution in [0.3, 0.4) is 0 Å². The van der Waals surface area contributed by atoms with Crippen LogP contribution in [-0.4, -0.2) is 11.0 Å². The molecule has 3 nitrogen and oxygen atoms in total. The predicted molar refractivity (Wildman–Crippen MR) is 137 cm³/mol. The number of rotatable bonds is 6. The van der Waals surface area contributed by atoms with Crippen LogP contribution in [-0.2, 0) is 11.4 Å². The van der Waals surface area contributed by atoms with Crippen LogP contribution in [0.2, 0.25) is 0 Å². The predicted octanol–water partition coefficient (Wildman–Crippen LogP) is 6.54. The summed E-state index contributed by atoms with van der Waals surface area (Å²) in [4.78, 5) is 12.9. The number of thiophene rings is 1. The van der Waals surface area contributed by atoms with Crippen molar-refractivity contribution < 1.29 is 9.53 Å². The largest absolute Gasteiger partial charge is 0.485 e. The molecule has 0 radical (unpaired) electrons. The highest BCUT2D eigenvalue weighted by Gasteiger charge is 2.22. The summed E-state index contributed by atoms with van der Waals surface area (Å²) in [6.45, 7) is 15.0. The van der Waals surface area contributed by atoms with Gasteiger partial charge in [-0.3, -0.25) is 9.36 Å². The second-order valence-corrected chi connectivity index (χ2v) is 8.16. The summed E-state index contributed by atoms with van der Waals surface area (Å²) < 4.78 is 9.12. The number of allylic oxidation sites excluding steroid dienone is 1. The summed E-state index contributed by atoms with van der Waals surface area (Å²) >= 11 is 1.69.